The number of benzene rings is 3. The lowest BCUT2D eigenvalue weighted by Crippen LogP contribution is -2.44. The largest absolute Gasteiger partial charge is 0.489 e. The first-order valence-corrected chi connectivity index (χ1v) is 12.5. The Labute approximate surface area is 205 Å². The second-order valence-electron chi connectivity index (χ2n) is 9.63. The van der Waals surface area contributed by atoms with Gasteiger partial charge in [0, 0.05) is 25.7 Å². The predicted molar refractivity (Wildman–Crippen MR) is 142 cm³/mol. The number of piperidine rings is 1. The summed E-state index contributed by atoms with van der Waals surface area (Å²) in [6, 6.07) is 30.5. The number of ether oxygens (including phenoxy) is 1. The molecule has 0 aromatic heterocycles. The molecule has 4 rings (SSSR count). The van der Waals surface area contributed by atoms with Gasteiger partial charge in [-0.3, -0.25) is 9.80 Å². The van der Waals surface area contributed by atoms with Crippen LogP contribution < -0.4 is 4.74 Å². The van der Waals surface area contributed by atoms with E-state index in [0.29, 0.717) is 12.6 Å². The average Bonchev–Trinajstić information content (AvgIpc) is 2.87. The Morgan fingerprint density at radius 1 is 0.853 bits per heavy atom. The van der Waals surface area contributed by atoms with Gasteiger partial charge in [-0.2, -0.15) is 0 Å². The van der Waals surface area contributed by atoms with Crippen LogP contribution in [-0.2, 0) is 19.7 Å². The van der Waals surface area contributed by atoms with Crippen molar-refractivity contribution in [3.8, 4) is 5.75 Å². The van der Waals surface area contributed by atoms with Gasteiger partial charge in [-0.25, -0.2) is 0 Å². The maximum atomic E-state index is 6.09. The maximum Gasteiger partial charge on any atom is 0.120 e. The Kier molecular flexibility index (Phi) is 8.95. The Morgan fingerprint density at radius 2 is 1.50 bits per heavy atom. The van der Waals surface area contributed by atoms with Crippen LogP contribution in [0.2, 0.25) is 0 Å². The molecule has 0 saturated carbocycles. The van der Waals surface area contributed by atoms with Gasteiger partial charge >= 0.3 is 0 Å². The first kappa shape index (κ1) is 24.3. The van der Waals surface area contributed by atoms with E-state index in [1.807, 2.05) is 6.07 Å². The molecule has 3 heteroatoms. The summed E-state index contributed by atoms with van der Waals surface area (Å²) in [5.74, 6) is 0.946. The number of likely N-dealkylation sites (tertiary alicyclic amines) is 1. The van der Waals surface area contributed by atoms with E-state index in [1.54, 1.807) is 0 Å². The first-order chi connectivity index (χ1) is 16.7. The van der Waals surface area contributed by atoms with Crippen LogP contribution in [0.15, 0.2) is 96.6 Å². The topological polar surface area (TPSA) is 15.7 Å². The summed E-state index contributed by atoms with van der Waals surface area (Å²) >= 11 is 0. The molecule has 0 unspecified atom stereocenters. The SMILES string of the molecule is CC(C)=CCN(Cc1cccc(OCc2ccccc2)c1)C1CCN(Cc2ccccc2)CC1. The van der Waals surface area contributed by atoms with Crippen LogP contribution in [0.1, 0.15) is 43.4 Å². The summed E-state index contributed by atoms with van der Waals surface area (Å²) in [5.41, 5.74) is 5.31. The van der Waals surface area contributed by atoms with Crippen molar-refractivity contribution in [2.75, 3.05) is 19.6 Å². The molecule has 3 nitrogen and oxygen atoms in total. The zero-order chi connectivity index (χ0) is 23.6. The number of allylic oxidation sites excluding steroid dienone is 1. The van der Waals surface area contributed by atoms with Gasteiger partial charge in [0.05, 0.1) is 0 Å². The molecule has 0 bridgehead atoms. The van der Waals surface area contributed by atoms with Crippen molar-refractivity contribution in [1.82, 2.24) is 9.80 Å². The van der Waals surface area contributed by atoms with E-state index < -0.39 is 0 Å². The molecule has 0 aliphatic carbocycles. The molecule has 34 heavy (non-hydrogen) atoms. The Bertz CT molecular complexity index is 1020. The minimum Gasteiger partial charge on any atom is -0.489 e. The molecule has 1 aliphatic rings. The third kappa shape index (κ3) is 7.58. The van der Waals surface area contributed by atoms with E-state index in [1.165, 1.54) is 35.1 Å². The van der Waals surface area contributed by atoms with Gasteiger partial charge in [0.2, 0.25) is 0 Å². The summed E-state index contributed by atoms with van der Waals surface area (Å²) in [4.78, 5) is 5.26. The van der Waals surface area contributed by atoms with E-state index in [2.05, 4.69) is 109 Å². The highest BCUT2D eigenvalue weighted by molar-refractivity contribution is 5.29. The monoisotopic (exact) mass is 454 g/mol. The van der Waals surface area contributed by atoms with Crippen molar-refractivity contribution in [1.29, 1.82) is 0 Å². The summed E-state index contributed by atoms with van der Waals surface area (Å²) < 4.78 is 6.09. The van der Waals surface area contributed by atoms with E-state index in [-0.39, 0.29) is 0 Å². The van der Waals surface area contributed by atoms with Crippen LogP contribution in [0.5, 0.6) is 5.75 Å². The van der Waals surface area contributed by atoms with Crippen LogP contribution in [0.3, 0.4) is 0 Å². The van der Waals surface area contributed by atoms with Crippen LogP contribution in [0.4, 0.5) is 0 Å². The molecule has 0 N–H and O–H groups in total. The van der Waals surface area contributed by atoms with Gasteiger partial charge in [0.1, 0.15) is 12.4 Å². The lowest BCUT2D eigenvalue weighted by molar-refractivity contribution is 0.108. The molecule has 1 heterocycles. The number of rotatable bonds is 10. The summed E-state index contributed by atoms with van der Waals surface area (Å²) in [6.45, 7) is 10.3. The molecule has 1 saturated heterocycles. The van der Waals surface area contributed by atoms with Gasteiger partial charge in [0.25, 0.3) is 0 Å². The van der Waals surface area contributed by atoms with Crippen molar-refractivity contribution in [3.05, 3.63) is 113 Å². The zero-order valence-corrected chi connectivity index (χ0v) is 20.7. The first-order valence-electron chi connectivity index (χ1n) is 12.5. The van der Waals surface area contributed by atoms with Crippen molar-refractivity contribution in [2.24, 2.45) is 0 Å². The van der Waals surface area contributed by atoms with Crippen LogP contribution in [0, 0.1) is 0 Å². The fourth-order valence-electron chi connectivity index (χ4n) is 4.64. The average molecular weight is 455 g/mol. The van der Waals surface area contributed by atoms with E-state index in [9.17, 15) is 0 Å². The maximum absolute atomic E-state index is 6.09. The molecule has 0 atom stereocenters. The molecular formula is C31H38N2O. The van der Waals surface area contributed by atoms with E-state index >= 15 is 0 Å². The summed E-state index contributed by atoms with van der Waals surface area (Å²) in [7, 11) is 0. The van der Waals surface area contributed by atoms with Crippen molar-refractivity contribution >= 4 is 0 Å². The van der Waals surface area contributed by atoms with E-state index in [0.717, 1.165) is 38.5 Å². The Balaban J connectivity index is 1.36. The highest BCUT2D eigenvalue weighted by atomic mass is 16.5. The molecule has 0 amide bonds. The molecule has 1 aliphatic heterocycles. The summed E-state index contributed by atoms with van der Waals surface area (Å²) in [5, 5.41) is 0. The molecule has 3 aromatic rings. The second-order valence-corrected chi connectivity index (χ2v) is 9.63. The third-order valence-electron chi connectivity index (χ3n) is 6.59. The minimum absolute atomic E-state index is 0.603. The van der Waals surface area contributed by atoms with Crippen molar-refractivity contribution in [2.45, 2.75) is 52.4 Å². The molecule has 178 valence electrons. The molecular weight excluding hydrogens is 416 g/mol. The van der Waals surface area contributed by atoms with Crippen LogP contribution in [-0.4, -0.2) is 35.5 Å². The van der Waals surface area contributed by atoms with Gasteiger partial charge < -0.3 is 4.74 Å². The Hall–Kier alpha value is -2.88. The van der Waals surface area contributed by atoms with Crippen molar-refractivity contribution in [3.63, 3.8) is 0 Å². The lowest BCUT2D eigenvalue weighted by atomic mass is 10.0. The van der Waals surface area contributed by atoms with Crippen LogP contribution in [0.25, 0.3) is 0 Å². The predicted octanol–water partition coefficient (Wildman–Crippen LogP) is 6.70. The standard InChI is InChI=1S/C31H38N2O/c1-26(2)16-21-33(30-17-19-32(20-18-30)23-27-10-5-3-6-11-27)24-29-14-9-15-31(22-29)34-25-28-12-7-4-8-13-28/h3-16,22,30H,17-21,23-25H2,1-2H3. The zero-order valence-electron chi connectivity index (χ0n) is 20.7. The molecule has 0 spiro atoms. The number of hydrogen-bond donors (Lipinski definition) is 0. The highest BCUT2D eigenvalue weighted by Crippen LogP contribution is 2.23. The molecule has 1 fully saturated rings. The van der Waals surface area contributed by atoms with Gasteiger partial charge in [-0.05, 0) is 68.6 Å². The number of nitrogens with zero attached hydrogens (tertiary/aromatic N) is 2. The quantitative estimate of drug-likeness (QED) is 0.317. The van der Waals surface area contributed by atoms with Crippen LogP contribution >= 0.6 is 0 Å². The molecule has 3 aromatic carbocycles. The lowest BCUT2D eigenvalue weighted by Gasteiger charge is -2.38. The third-order valence-corrected chi connectivity index (χ3v) is 6.59. The fraction of sp³-hybridized carbons (Fsp3) is 0.355. The van der Waals surface area contributed by atoms with Crippen molar-refractivity contribution < 1.29 is 4.74 Å². The summed E-state index contributed by atoms with van der Waals surface area (Å²) in [6.07, 6.45) is 4.80. The van der Waals surface area contributed by atoms with Gasteiger partial charge in [-0.1, -0.05) is 84.4 Å². The van der Waals surface area contributed by atoms with E-state index in [4.69, 9.17) is 4.74 Å². The normalized spacial score (nSPS) is 14.8. The smallest absolute Gasteiger partial charge is 0.120 e. The van der Waals surface area contributed by atoms with Gasteiger partial charge in [-0.15, -0.1) is 0 Å². The van der Waals surface area contributed by atoms with Gasteiger partial charge in [0.15, 0.2) is 0 Å². The second kappa shape index (κ2) is 12.5. The number of hydrogen-bond acceptors (Lipinski definition) is 3. The minimum atomic E-state index is 0.603. The fourth-order valence-corrected chi connectivity index (χ4v) is 4.64. The highest BCUT2D eigenvalue weighted by Gasteiger charge is 2.24. The molecule has 0 radical (unpaired) electrons. The Morgan fingerprint density at radius 3 is 2.18 bits per heavy atom.